The third-order valence-electron chi connectivity index (χ3n) is 6.18. The summed E-state index contributed by atoms with van der Waals surface area (Å²) in [5, 5.41) is 5.09. The Hall–Kier alpha value is -2.66. The molecule has 1 spiro atoms. The average Bonchev–Trinajstić information content (AvgIpc) is 3.26. The van der Waals surface area contributed by atoms with E-state index in [0.29, 0.717) is 0 Å². The van der Waals surface area contributed by atoms with Crippen LogP contribution in [0.4, 0.5) is 0 Å². The fourth-order valence-corrected chi connectivity index (χ4v) is 4.89. The van der Waals surface area contributed by atoms with E-state index in [1.165, 1.54) is 27.8 Å². The second-order valence-corrected chi connectivity index (χ2v) is 7.34. The number of methoxy groups -OCH3 is 3. The van der Waals surface area contributed by atoms with Gasteiger partial charge in [-0.05, 0) is 66.3 Å². The van der Waals surface area contributed by atoms with Gasteiger partial charge in [0.25, 0.3) is 0 Å². The molecule has 0 saturated carbocycles. The number of benzene rings is 2. The van der Waals surface area contributed by atoms with Crippen LogP contribution in [0.5, 0.6) is 17.2 Å². The van der Waals surface area contributed by atoms with Gasteiger partial charge in [0, 0.05) is 23.1 Å². The van der Waals surface area contributed by atoms with E-state index in [0.717, 1.165) is 48.6 Å². The van der Waals surface area contributed by atoms with Crippen LogP contribution >= 0.6 is 0 Å². The first-order valence-corrected chi connectivity index (χ1v) is 9.39. The number of aromatic amines is 1. The van der Waals surface area contributed by atoms with Crippen LogP contribution in [0, 0.1) is 0 Å². The number of hydrogen-bond donors (Lipinski definition) is 2. The molecule has 5 rings (SSSR count). The first-order chi connectivity index (χ1) is 13.2. The number of aryl methyl sites for hydroxylation is 1. The molecule has 0 radical (unpaired) electrons. The lowest BCUT2D eigenvalue weighted by atomic mass is 9.82. The molecule has 1 aliphatic carbocycles. The van der Waals surface area contributed by atoms with E-state index in [-0.39, 0.29) is 5.54 Å². The molecule has 0 amide bonds. The lowest BCUT2D eigenvalue weighted by molar-refractivity contribution is 0.349. The summed E-state index contributed by atoms with van der Waals surface area (Å²) in [5.74, 6) is 2.48. The number of nitrogens with one attached hydrogen (secondary N) is 2. The summed E-state index contributed by atoms with van der Waals surface area (Å²) in [6.07, 6.45) is 3.04. The SMILES string of the molecule is COc1ccc2[nH]c3c(c2c1)CCN[C@]31CCc2cc(OC)c(OC)cc21. The van der Waals surface area contributed by atoms with Crippen LogP contribution in [0.25, 0.3) is 10.9 Å². The van der Waals surface area contributed by atoms with Gasteiger partial charge in [0.15, 0.2) is 11.5 Å². The number of hydrogen-bond acceptors (Lipinski definition) is 4. The van der Waals surface area contributed by atoms with Gasteiger partial charge in [-0.1, -0.05) is 0 Å². The zero-order valence-electron chi connectivity index (χ0n) is 15.9. The summed E-state index contributed by atoms with van der Waals surface area (Å²) >= 11 is 0. The zero-order valence-corrected chi connectivity index (χ0v) is 15.9. The van der Waals surface area contributed by atoms with Crippen molar-refractivity contribution in [1.29, 1.82) is 0 Å². The van der Waals surface area contributed by atoms with Crippen molar-refractivity contribution in [2.75, 3.05) is 27.9 Å². The maximum Gasteiger partial charge on any atom is 0.161 e. The predicted molar refractivity (Wildman–Crippen MR) is 105 cm³/mol. The summed E-state index contributed by atoms with van der Waals surface area (Å²) < 4.78 is 16.6. The Labute approximate surface area is 158 Å². The van der Waals surface area contributed by atoms with Gasteiger partial charge in [0.05, 0.1) is 26.9 Å². The lowest BCUT2D eigenvalue weighted by Gasteiger charge is -2.36. The van der Waals surface area contributed by atoms with Crippen molar-refractivity contribution in [2.24, 2.45) is 0 Å². The quantitative estimate of drug-likeness (QED) is 0.747. The van der Waals surface area contributed by atoms with E-state index in [1.54, 1.807) is 21.3 Å². The normalized spacial score (nSPS) is 20.6. The molecule has 3 aromatic rings. The number of rotatable bonds is 3. The van der Waals surface area contributed by atoms with Gasteiger partial charge in [-0.2, -0.15) is 0 Å². The van der Waals surface area contributed by atoms with Gasteiger partial charge in [-0.15, -0.1) is 0 Å². The Morgan fingerprint density at radius 1 is 0.926 bits per heavy atom. The standard InChI is InChI=1S/C22H24N2O3/c1-25-14-4-5-18-16(11-14)15-7-9-23-22(21(15)24-18)8-6-13-10-19(26-2)20(27-3)12-17(13)22/h4-5,10-12,23-24H,6-9H2,1-3H3/t22-/m0/s1. The Kier molecular flexibility index (Phi) is 3.62. The highest BCUT2D eigenvalue weighted by Crippen LogP contribution is 2.49. The Bertz CT molecular complexity index is 1040. The molecule has 2 N–H and O–H groups in total. The van der Waals surface area contributed by atoms with Crippen LogP contribution in [0.15, 0.2) is 30.3 Å². The smallest absolute Gasteiger partial charge is 0.161 e. The molecule has 1 atom stereocenters. The third kappa shape index (κ3) is 2.21. The maximum atomic E-state index is 5.59. The third-order valence-corrected chi connectivity index (χ3v) is 6.18. The predicted octanol–water partition coefficient (Wildman–Crippen LogP) is 3.53. The van der Waals surface area contributed by atoms with Crippen molar-refractivity contribution in [2.45, 2.75) is 24.8 Å². The number of ether oxygens (including phenoxy) is 3. The molecule has 5 heteroatoms. The van der Waals surface area contributed by atoms with Crippen molar-refractivity contribution in [3.63, 3.8) is 0 Å². The molecule has 0 saturated heterocycles. The maximum absolute atomic E-state index is 5.59. The minimum atomic E-state index is -0.200. The number of H-pyrrole nitrogens is 1. The van der Waals surface area contributed by atoms with Gasteiger partial charge in [0.1, 0.15) is 5.75 Å². The molecule has 27 heavy (non-hydrogen) atoms. The molecule has 2 heterocycles. The first kappa shape index (κ1) is 16.5. The van der Waals surface area contributed by atoms with Crippen molar-refractivity contribution < 1.29 is 14.2 Å². The van der Waals surface area contributed by atoms with Crippen molar-refractivity contribution >= 4 is 10.9 Å². The highest BCUT2D eigenvalue weighted by atomic mass is 16.5. The fraction of sp³-hybridized carbons (Fsp3) is 0.364. The van der Waals surface area contributed by atoms with Gasteiger partial charge >= 0.3 is 0 Å². The summed E-state index contributed by atoms with van der Waals surface area (Å²) in [7, 11) is 5.11. The molecule has 1 aliphatic heterocycles. The van der Waals surface area contributed by atoms with Crippen molar-refractivity contribution in [3.8, 4) is 17.2 Å². The first-order valence-electron chi connectivity index (χ1n) is 9.39. The summed E-state index contributed by atoms with van der Waals surface area (Å²) in [5.41, 5.74) is 6.25. The molecular formula is C22H24N2O3. The van der Waals surface area contributed by atoms with E-state index in [4.69, 9.17) is 14.2 Å². The highest BCUT2D eigenvalue weighted by molar-refractivity contribution is 5.87. The van der Waals surface area contributed by atoms with Crippen LogP contribution in [0.2, 0.25) is 0 Å². The molecule has 2 aromatic carbocycles. The van der Waals surface area contributed by atoms with Crippen molar-refractivity contribution in [1.82, 2.24) is 10.3 Å². The summed E-state index contributed by atoms with van der Waals surface area (Å²) in [6.45, 7) is 0.949. The zero-order chi connectivity index (χ0) is 18.6. The van der Waals surface area contributed by atoms with Gasteiger partial charge < -0.3 is 24.5 Å². The Morgan fingerprint density at radius 3 is 2.52 bits per heavy atom. The van der Waals surface area contributed by atoms with E-state index in [9.17, 15) is 0 Å². The minimum Gasteiger partial charge on any atom is -0.497 e. The van der Waals surface area contributed by atoms with Gasteiger partial charge in [-0.25, -0.2) is 0 Å². The van der Waals surface area contributed by atoms with E-state index in [2.05, 4.69) is 34.6 Å². The summed E-state index contributed by atoms with van der Waals surface area (Å²) in [4.78, 5) is 3.72. The van der Waals surface area contributed by atoms with Gasteiger partial charge in [-0.3, -0.25) is 0 Å². The van der Waals surface area contributed by atoms with Crippen LogP contribution < -0.4 is 19.5 Å². The van der Waals surface area contributed by atoms with E-state index in [1.807, 2.05) is 6.07 Å². The largest absolute Gasteiger partial charge is 0.497 e. The molecule has 140 valence electrons. The molecule has 0 bridgehead atoms. The lowest BCUT2D eigenvalue weighted by Crippen LogP contribution is -2.46. The second kappa shape index (κ2) is 5.92. The van der Waals surface area contributed by atoms with E-state index < -0.39 is 0 Å². The average molecular weight is 364 g/mol. The fourth-order valence-electron chi connectivity index (χ4n) is 4.89. The molecule has 1 aromatic heterocycles. The van der Waals surface area contributed by atoms with Gasteiger partial charge in [0.2, 0.25) is 0 Å². The molecule has 5 nitrogen and oxygen atoms in total. The van der Waals surface area contributed by atoms with E-state index >= 15 is 0 Å². The Balaban J connectivity index is 1.74. The van der Waals surface area contributed by atoms with Crippen LogP contribution in [0.1, 0.15) is 28.8 Å². The van der Waals surface area contributed by atoms with Crippen LogP contribution in [-0.4, -0.2) is 32.9 Å². The van der Waals surface area contributed by atoms with Crippen LogP contribution in [0.3, 0.4) is 0 Å². The number of fused-ring (bicyclic) bond motifs is 6. The van der Waals surface area contributed by atoms with Crippen LogP contribution in [-0.2, 0) is 18.4 Å². The summed E-state index contributed by atoms with van der Waals surface area (Å²) in [6, 6.07) is 10.6. The molecule has 0 fully saturated rings. The molecule has 0 unspecified atom stereocenters. The Morgan fingerprint density at radius 2 is 1.74 bits per heavy atom. The monoisotopic (exact) mass is 364 g/mol. The molecule has 2 aliphatic rings. The molecular weight excluding hydrogens is 340 g/mol. The van der Waals surface area contributed by atoms with Crippen molar-refractivity contribution in [3.05, 3.63) is 52.7 Å². The minimum absolute atomic E-state index is 0.200. The topological polar surface area (TPSA) is 55.5 Å². The second-order valence-electron chi connectivity index (χ2n) is 7.34. The highest BCUT2D eigenvalue weighted by Gasteiger charge is 2.45. The number of aromatic nitrogens is 1.